The van der Waals surface area contributed by atoms with Crippen LogP contribution < -0.4 is 0 Å². The van der Waals surface area contributed by atoms with Gasteiger partial charge in [0.1, 0.15) is 0 Å². The Labute approximate surface area is 84.4 Å². The molecule has 2 atom stereocenters. The number of carboxylic acids is 1. The van der Waals surface area contributed by atoms with Crippen molar-refractivity contribution in [2.24, 2.45) is 17.3 Å². The van der Waals surface area contributed by atoms with E-state index < -0.39 is 11.9 Å². The van der Waals surface area contributed by atoms with Crippen molar-refractivity contribution in [3.05, 3.63) is 11.6 Å². The summed E-state index contributed by atoms with van der Waals surface area (Å²) in [5.74, 6) is -1.43. The molecule has 1 aliphatic rings. The van der Waals surface area contributed by atoms with Crippen molar-refractivity contribution in [2.45, 2.75) is 27.2 Å². The molecule has 2 N–H and O–H groups in total. The van der Waals surface area contributed by atoms with Crippen molar-refractivity contribution in [1.29, 1.82) is 0 Å². The fraction of sp³-hybridized carbons (Fsp3) is 0.727. The zero-order chi connectivity index (χ0) is 10.9. The molecule has 1 aliphatic carbocycles. The third kappa shape index (κ3) is 1.69. The quantitative estimate of drug-likeness (QED) is 0.663. The second-order valence-corrected chi connectivity index (χ2v) is 4.60. The number of aliphatic hydroxyl groups excluding tert-OH is 1. The number of aliphatic hydroxyl groups is 1. The molecule has 14 heavy (non-hydrogen) atoms. The molecule has 3 nitrogen and oxygen atoms in total. The predicted molar refractivity (Wildman–Crippen MR) is 53.9 cm³/mol. The van der Waals surface area contributed by atoms with Crippen LogP contribution in [-0.2, 0) is 4.79 Å². The number of carboxylic acid groups (broad SMARTS) is 1. The third-order valence-electron chi connectivity index (χ3n) is 3.49. The molecule has 1 rings (SSSR count). The van der Waals surface area contributed by atoms with Gasteiger partial charge in [-0.3, -0.25) is 4.79 Å². The lowest BCUT2D eigenvalue weighted by atomic mass is 9.63. The number of allylic oxidation sites excluding steroid dienone is 2. The Balaban J connectivity index is 3.06. The van der Waals surface area contributed by atoms with Crippen molar-refractivity contribution >= 4 is 5.97 Å². The maximum Gasteiger partial charge on any atom is 0.307 e. The van der Waals surface area contributed by atoms with Gasteiger partial charge >= 0.3 is 5.97 Å². The van der Waals surface area contributed by atoms with Crippen LogP contribution in [0.4, 0.5) is 0 Å². The van der Waals surface area contributed by atoms with Gasteiger partial charge in [-0.15, -0.1) is 0 Å². The predicted octanol–water partition coefficient (Wildman–Crippen LogP) is 1.67. The second-order valence-electron chi connectivity index (χ2n) is 4.60. The summed E-state index contributed by atoms with van der Waals surface area (Å²) in [5, 5.41) is 18.3. The van der Waals surface area contributed by atoms with E-state index in [9.17, 15) is 4.79 Å². The maximum atomic E-state index is 11.1. The summed E-state index contributed by atoms with van der Waals surface area (Å²) in [7, 11) is 0. The minimum atomic E-state index is -0.804. The summed E-state index contributed by atoms with van der Waals surface area (Å²) >= 11 is 0. The van der Waals surface area contributed by atoms with Gasteiger partial charge in [0.05, 0.1) is 5.92 Å². The van der Waals surface area contributed by atoms with Gasteiger partial charge in [-0.2, -0.15) is 0 Å². The zero-order valence-corrected chi connectivity index (χ0v) is 8.95. The zero-order valence-electron chi connectivity index (χ0n) is 8.95. The molecule has 0 fully saturated rings. The summed E-state index contributed by atoms with van der Waals surface area (Å²) in [6.45, 7) is 5.77. The Morgan fingerprint density at radius 2 is 2.21 bits per heavy atom. The van der Waals surface area contributed by atoms with E-state index >= 15 is 0 Å². The second kappa shape index (κ2) is 3.73. The number of hydrogen-bond donors (Lipinski definition) is 2. The van der Waals surface area contributed by atoms with Crippen molar-refractivity contribution in [2.75, 3.05) is 6.61 Å². The molecule has 0 amide bonds. The van der Waals surface area contributed by atoms with Crippen LogP contribution in [0.25, 0.3) is 0 Å². The van der Waals surface area contributed by atoms with Gasteiger partial charge < -0.3 is 10.2 Å². The van der Waals surface area contributed by atoms with Gasteiger partial charge in [0, 0.05) is 6.61 Å². The number of hydrogen-bond acceptors (Lipinski definition) is 2. The lowest BCUT2D eigenvalue weighted by Crippen LogP contribution is -2.41. The summed E-state index contributed by atoms with van der Waals surface area (Å²) in [6.07, 6.45) is 2.71. The SMILES string of the molecule is CC1=CC[C@@H](CO)[C@@H](C(=O)O)C1(C)C. The van der Waals surface area contributed by atoms with Gasteiger partial charge in [0.15, 0.2) is 0 Å². The fourth-order valence-corrected chi connectivity index (χ4v) is 2.25. The molecule has 0 spiro atoms. The van der Waals surface area contributed by atoms with Crippen LogP contribution in [0.1, 0.15) is 27.2 Å². The van der Waals surface area contributed by atoms with Crippen LogP contribution in [-0.4, -0.2) is 22.8 Å². The lowest BCUT2D eigenvalue weighted by molar-refractivity contribution is -0.149. The van der Waals surface area contributed by atoms with Crippen molar-refractivity contribution in [3.63, 3.8) is 0 Å². The molecule has 0 aromatic carbocycles. The number of aliphatic carboxylic acids is 1. The highest BCUT2D eigenvalue weighted by atomic mass is 16.4. The van der Waals surface area contributed by atoms with Crippen molar-refractivity contribution in [1.82, 2.24) is 0 Å². The summed E-state index contributed by atoms with van der Waals surface area (Å²) in [5.41, 5.74) is 0.756. The van der Waals surface area contributed by atoms with Gasteiger partial charge in [-0.05, 0) is 24.7 Å². The van der Waals surface area contributed by atoms with Crippen LogP contribution in [0.5, 0.6) is 0 Å². The number of rotatable bonds is 2. The molecule has 0 aliphatic heterocycles. The van der Waals surface area contributed by atoms with Gasteiger partial charge in [-0.25, -0.2) is 0 Å². The Morgan fingerprint density at radius 3 is 2.64 bits per heavy atom. The average Bonchev–Trinajstić information content (AvgIpc) is 2.08. The highest BCUT2D eigenvalue weighted by Gasteiger charge is 2.43. The molecule has 0 bridgehead atoms. The molecule has 0 heterocycles. The third-order valence-corrected chi connectivity index (χ3v) is 3.49. The molecule has 0 saturated carbocycles. The molecule has 0 aromatic rings. The highest BCUT2D eigenvalue weighted by molar-refractivity contribution is 5.72. The minimum Gasteiger partial charge on any atom is -0.481 e. The Kier molecular flexibility index (Phi) is 3.00. The Bertz CT molecular complexity index is 266. The Morgan fingerprint density at radius 1 is 1.64 bits per heavy atom. The molecule has 0 radical (unpaired) electrons. The van der Waals surface area contributed by atoms with Gasteiger partial charge in [-0.1, -0.05) is 25.5 Å². The van der Waals surface area contributed by atoms with Gasteiger partial charge in [0.2, 0.25) is 0 Å². The molecular weight excluding hydrogens is 180 g/mol. The first-order valence-electron chi connectivity index (χ1n) is 4.92. The maximum absolute atomic E-state index is 11.1. The van der Waals surface area contributed by atoms with E-state index in [1.54, 1.807) is 0 Å². The largest absolute Gasteiger partial charge is 0.481 e. The van der Waals surface area contributed by atoms with Crippen LogP contribution in [0.15, 0.2) is 11.6 Å². The summed E-state index contributed by atoms with van der Waals surface area (Å²) < 4.78 is 0. The first-order valence-corrected chi connectivity index (χ1v) is 4.92. The average molecular weight is 198 g/mol. The van der Waals surface area contributed by atoms with Gasteiger partial charge in [0.25, 0.3) is 0 Å². The summed E-state index contributed by atoms with van der Waals surface area (Å²) in [6, 6.07) is 0. The number of carbonyl (C=O) groups is 1. The molecule has 0 aromatic heterocycles. The van der Waals surface area contributed by atoms with E-state index in [1.807, 2.05) is 26.8 Å². The summed E-state index contributed by atoms with van der Waals surface area (Å²) in [4.78, 5) is 11.1. The highest BCUT2D eigenvalue weighted by Crippen LogP contribution is 2.44. The monoisotopic (exact) mass is 198 g/mol. The molecule has 0 unspecified atom stereocenters. The molecular formula is C11H18O3. The molecule has 80 valence electrons. The lowest BCUT2D eigenvalue weighted by Gasteiger charge is -2.40. The first-order chi connectivity index (χ1) is 6.41. The normalized spacial score (nSPS) is 31.0. The van der Waals surface area contributed by atoms with E-state index in [2.05, 4.69) is 0 Å². The fourth-order valence-electron chi connectivity index (χ4n) is 2.25. The van der Waals surface area contributed by atoms with Crippen LogP contribution in [0.2, 0.25) is 0 Å². The smallest absolute Gasteiger partial charge is 0.307 e. The van der Waals surface area contributed by atoms with E-state index in [0.717, 1.165) is 5.57 Å². The van der Waals surface area contributed by atoms with Crippen molar-refractivity contribution in [3.8, 4) is 0 Å². The molecule has 3 heteroatoms. The van der Waals surface area contributed by atoms with E-state index in [1.165, 1.54) is 0 Å². The molecule has 0 saturated heterocycles. The van der Waals surface area contributed by atoms with E-state index in [0.29, 0.717) is 6.42 Å². The Hall–Kier alpha value is -0.830. The first kappa shape index (κ1) is 11.2. The van der Waals surface area contributed by atoms with E-state index in [4.69, 9.17) is 10.2 Å². The van der Waals surface area contributed by atoms with E-state index in [-0.39, 0.29) is 17.9 Å². The van der Waals surface area contributed by atoms with Crippen LogP contribution >= 0.6 is 0 Å². The van der Waals surface area contributed by atoms with Crippen LogP contribution in [0.3, 0.4) is 0 Å². The standard InChI is InChI=1S/C11H18O3/c1-7-4-5-8(6-12)9(10(13)14)11(7,2)3/h4,8-9,12H,5-6H2,1-3H3,(H,13,14)/t8-,9-/m0/s1. The topological polar surface area (TPSA) is 57.5 Å². The van der Waals surface area contributed by atoms with Crippen molar-refractivity contribution < 1.29 is 15.0 Å². The minimum absolute atomic E-state index is 0.0514. The van der Waals surface area contributed by atoms with Crippen LogP contribution in [0, 0.1) is 17.3 Å².